The Labute approximate surface area is 144 Å². The van der Waals surface area contributed by atoms with Crippen molar-refractivity contribution in [3.63, 3.8) is 0 Å². The van der Waals surface area contributed by atoms with Crippen molar-refractivity contribution in [2.75, 3.05) is 6.61 Å². The van der Waals surface area contributed by atoms with Gasteiger partial charge in [0.15, 0.2) is 11.6 Å². The van der Waals surface area contributed by atoms with E-state index in [1.54, 1.807) is 0 Å². The molecule has 0 saturated heterocycles. The molecule has 0 spiro atoms. The number of aliphatic hydroxyl groups excluding tert-OH is 1. The summed E-state index contributed by atoms with van der Waals surface area (Å²) < 4.78 is 0. The Kier molecular flexibility index (Phi) is 4.19. The largest absolute Gasteiger partial charge is 0.389 e. The van der Waals surface area contributed by atoms with Crippen molar-refractivity contribution in [2.24, 2.45) is 35.0 Å². The van der Waals surface area contributed by atoms with Crippen LogP contribution in [0.1, 0.15) is 64.7 Å². The summed E-state index contributed by atoms with van der Waals surface area (Å²) in [6.07, 6.45) is 11.6. The Hall–Kier alpha value is -0.960. The molecule has 4 aliphatic carbocycles. The van der Waals surface area contributed by atoms with Crippen LogP contribution in [0.25, 0.3) is 0 Å². The SMILES string of the molecule is CC[C@]12CC[C@H]3[C@@H](CCC4=CC(=O)CC[C@@H]43)[C@@H]1CC[C@@H]2C(=O)CO. The van der Waals surface area contributed by atoms with Gasteiger partial charge in [0.05, 0.1) is 0 Å². The third-order valence-electron chi connectivity index (χ3n) is 8.22. The second-order valence-corrected chi connectivity index (χ2v) is 8.68. The predicted molar refractivity (Wildman–Crippen MR) is 92.3 cm³/mol. The lowest BCUT2D eigenvalue weighted by Gasteiger charge is -2.54. The molecule has 3 nitrogen and oxygen atoms in total. The highest BCUT2D eigenvalue weighted by atomic mass is 16.3. The number of fused-ring (bicyclic) bond motifs is 5. The molecular formula is C21H30O3. The molecule has 4 aliphatic rings. The van der Waals surface area contributed by atoms with E-state index in [2.05, 4.69) is 6.92 Å². The lowest BCUT2D eigenvalue weighted by molar-refractivity contribution is -0.133. The molecule has 0 amide bonds. The van der Waals surface area contributed by atoms with Gasteiger partial charge in [0, 0.05) is 12.3 Å². The van der Waals surface area contributed by atoms with Gasteiger partial charge >= 0.3 is 0 Å². The minimum atomic E-state index is -0.287. The quantitative estimate of drug-likeness (QED) is 0.858. The molecule has 3 saturated carbocycles. The molecule has 0 unspecified atom stereocenters. The number of carbonyl (C=O) groups is 2. The average molecular weight is 330 g/mol. The van der Waals surface area contributed by atoms with Crippen LogP contribution in [0.5, 0.6) is 0 Å². The Morgan fingerprint density at radius 2 is 2.00 bits per heavy atom. The Bertz CT molecular complexity index is 578. The Balaban J connectivity index is 1.62. The molecular weight excluding hydrogens is 300 g/mol. The highest BCUT2D eigenvalue weighted by molar-refractivity contribution is 5.91. The van der Waals surface area contributed by atoms with Crippen molar-refractivity contribution in [1.29, 1.82) is 0 Å². The van der Waals surface area contributed by atoms with E-state index in [-0.39, 0.29) is 23.7 Å². The van der Waals surface area contributed by atoms with Gasteiger partial charge in [-0.3, -0.25) is 9.59 Å². The van der Waals surface area contributed by atoms with Crippen molar-refractivity contribution in [1.82, 2.24) is 0 Å². The van der Waals surface area contributed by atoms with E-state index < -0.39 is 0 Å². The number of aliphatic hydroxyl groups is 1. The van der Waals surface area contributed by atoms with Crippen LogP contribution in [-0.4, -0.2) is 23.3 Å². The first-order valence-electron chi connectivity index (χ1n) is 9.97. The van der Waals surface area contributed by atoms with Crippen LogP contribution >= 0.6 is 0 Å². The van der Waals surface area contributed by atoms with Crippen molar-refractivity contribution in [3.8, 4) is 0 Å². The number of hydrogen-bond acceptors (Lipinski definition) is 3. The van der Waals surface area contributed by atoms with Gasteiger partial charge in [-0.15, -0.1) is 0 Å². The lowest BCUT2D eigenvalue weighted by Crippen LogP contribution is -2.48. The molecule has 0 aromatic rings. The fraction of sp³-hybridized carbons (Fsp3) is 0.810. The van der Waals surface area contributed by atoms with Gasteiger partial charge < -0.3 is 5.11 Å². The third-order valence-corrected chi connectivity index (χ3v) is 8.22. The highest BCUT2D eigenvalue weighted by Crippen LogP contribution is 2.65. The summed E-state index contributed by atoms with van der Waals surface area (Å²) in [6.45, 7) is 1.97. The number of allylic oxidation sites excluding steroid dienone is 1. The second-order valence-electron chi connectivity index (χ2n) is 8.68. The molecule has 0 aromatic carbocycles. The van der Waals surface area contributed by atoms with Gasteiger partial charge in [0.1, 0.15) is 6.61 Å². The van der Waals surface area contributed by atoms with E-state index in [1.807, 2.05) is 6.08 Å². The minimum absolute atomic E-state index is 0.0810. The monoisotopic (exact) mass is 330 g/mol. The number of hydrogen-bond donors (Lipinski definition) is 1. The van der Waals surface area contributed by atoms with Crippen molar-refractivity contribution in [3.05, 3.63) is 11.6 Å². The minimum Gasteiger partial charge on any atom is -0.389 e. The van der Waals surface area contributed by atoms with Crippen LogP contribution in [0.4, 0.5) is 0 Å². The first kappa shape index (κ1) is 16.5. The zero-order chi connectivity index (χ0) is 16.9. The van der Waals surface area contributed by atoms with Gasteiger partial charge in [0.25, 0.3) is 0 Å². The maximum atomic E-state index is 12.4. The third kappa shape index (κ3) is 2.27. The van der Waals surface area contributed by atoms with E-state index in [4.69, 9.17) is 0 Å². The van der Waals surface area contributed by atoms with Gasteiger partial charge in [0.2, 0.25) is 0 Å². The number of carbonyl (C=O) groups excluding carboxylic acids is 2. The second kappa shape index (κ2) is 6.09. The zero-order valence-corrected chi connectivity index (χ0v) is 14.8. The molecule has 0 aliphatic heterocycles. The van der Waals surface area contributed by atoms with Crippen LogP contribution in [-0.2, 0) is 9.59 Å². The van der Waals surface area contributed by atoms with Crippen LogP contribution in [0.2, 0.25) is 0 Å². The fourth-order valence-corrected chi connectivity index (χ4v) is 7.27. The van der Waals surface area contributed by atoms with Crippen LogP contribution in [0.15, 0.2) is 11.6 Å². The summed E-state index contributed by atoms with van der Waals surface area (Å²) in [6, 6.07) is 0. The Morgan fingerprint density at radius 3 is 2.75 bits per heavy atom. The summed E-state index contributed by atoms with van der Waals surface area (Å²) >= 11 is 0. The van der Waals surface area contributed by atoms with Gasteiger partial charge in [-0.25, -0.2) is 0 Å². The highest BCUT2D eigenvalue weighted by Gasteiger charge is 2.58. The first-order chi connectivity index (χ1) is 11.6. The average Bonchev–Trinajstić information content (AvgIpc) is 3.00. The maximum absolute atomic E-state index is 12.4. The normalized spacial score (nSPS) is 44.3. The van der Waals surface area contributed by atoms with E-state index in [0.717, 1.165) is 56.8 Å². The maximum Gasteiger partial charge on any atom is 0.161 e. The van der Waals surface area contributed by atoms with E-state index in [1.165, 1.54) is 18.4 Å². The lowest BCUT2D eigenvalue weighted by atomic mass is 9.50. The van der Waals surface area contributed by atoms with Crippen LogP contribution in [0.3, 0.4) is 0 Å². The molecule has 24 heavy (non-hydrogen) atoms. The standard InChI is InChI=1S/C21H30O3/c1-2-21-10-9-16-15-6-4-14(23)11-13(15)3-5-17(16)18(21)7-8-19(21)20(24)12-22/h11,15-19,22H,2-10,12H2,1H3/t15-,16+,17+,18-,19+,21-/m0/s1. The van der Waals surface area contributed by atoms with Gasteiger partial charge in [-0.2, -0.15) is 0 Å². The summed E-state index contributed by atoms with van der Waals surface area (Å²) in [7, 11) is 0. The van der Waals surface area contributed by atoms with E-state index in [0.29, 0.717) is 17.6 Å². The molecule has 0 radical (unpaired) electrons. The van der Waals surface area contributed by atoms with E-state index in [9.17, 15) is 14.7 Å². The summed E-state index contributed by atoms with van der Waals surface area (Å²) in [5.74, 6) is 3.23. The Morgan fingerprint density at radius 1 is 1.17 bits per heavy atom. The van der Waals surface area contributed by atoms with Crippen LogP contribution < -0.4 is 0 Å². The molecule has 132 valence electrons. The van der Waals surface area contributed by atoms with Crippen molar-refractivity contribution in [2.45, 2.75) is 64.7 Å². The fourth-order valence-electron chi connectivity index (χ4n) is 7.27. The zero-order valence-electron chi connectivity index (χ0n) is 14.8. The molecule has 1 N–H and O–H groups in total. The molecule has 0 aromatic heterocycles. The van der Waals surface area contributed by atoms with E-state index >= 15 is 0 Å². The van der Waals surface area contributed by atoms with Crippen LogP contribution in [0, 0.1) is 35.0 Å². The first-order valence-corrected chi connectivity index (χ1v) is 9.97. The van der Waals surface area contributed by atoms with Gasteiger partial charge in [-0.05, 0) is 86.5 Å². The van der Waals surface area contributed by atoms with Crippen molar-refractivity contribution < 1.29 is 14.7 Å². The van der Waals surface area contributed by atoms with Crippen molar-refractivity contribution >= 4 is 11.6 Å². The smallest absolute Gasteiger partial charge is 0.161 e. The number of rotatable bonds is 3. The number of ketones is 2. The predicted octanol–water partition coefficient (Wildman–Crippen LogP) is 3.70. The summed E-state index contributed by atoms with van der Waals surface area (Å²) in [5, 5.41) is 9.42. The molecule has 0 bridgehead atoms. The molecule has 0 heterocycles. The number of Topliss-reactive ketones (excluding diaryl/α,β-unsaturated/α-hetero) is 1. The molecule has 3 heteroatoms. The summed E-state index contributed by atoms with van der Waals surface area (Å²) in [5.41, 5.74) is 1.57. The molecule has 4 rings (SSSR count). The summed E-state index contributed by atoms with van der Waals surface area (Å²) in [4.78, 5) is 24.1. The molecule has 6 atom stereocenters. The van der Waals surface area contributed by atoms with Gasteiger partial charge in [-0.1, -0.05) is 12.5 Å². The molecule has 3 fully saturated rings. The topological polar surface area (TPSA) is 54.4 Å².